The summed E-state index contributed by atoms with van der Waals surface area (Å²) in [5.41, 5.74) is 16.1. The van der Waals surface area contributed by atoms with Crippen molar-refractivity contribution in [3.63, 3.8) is 0 Å². The summed E-state index contributed by atoms with van der Waals surface area (Å²) in [4.78, 5) is 10.00. The standard InChI is InChI=1S/C55H39N5/c1-5-17-40(18-6-1)42-29-33-46(34-30-42)57(44-21-9-3-10-22-44)48-37-49(58(45-23-11-4-12-24-45)47-35-31-43(32-36-47)41-19-7-2-8-20-41)39-50(38-48)59-53-27-15-16-28-54(53)60-52-26-14-13-25-51(52)56-55(59)60/h1-39H. The summed E-state index contributed by atoms with van der Waals surface area (Å²) in [7, 11) is 0. The van der Waals surface area contributed by atoms with Gasteiger partial charge in [0.1, 0.15) is 0 Å². The first-order valence-electron chi connectivity index (χ1n) is 20.3. The number of aromatic nitrogens is 3. The van der Waals surface area contributed by atoms with E-state index in [0.717, 1.165) is 67.7 Å². The number of benzene rings is 9. The highest BCUT2D eigenvalue weighted by Crippen LogP contribution is 2.44. The van der Waals surface area contributed by atoms with Gasteiger partial charge in [0.15, 0.2) is 0 Å². The van der Waals surface area contributed by atoms with Gasteiger partial charge >= 0.3 is 0 Å². The summed E-state index contributed by atoms with van der Waals surface area (Å²) in [5, 5.41) is 0. The molecule has 0 aliphatic carbocycles. The third kappa shape index (κ3) is 6.26. The molecule has 60 heavy (non-hydrogen) atoms. The smallest absolute Gasteiger partial charge is 0.220 e. The number of imidazole rings is 2. The minimum atomic E-state index is 0.859. The highest BCUT2D eigenvalue weighted by molar-refractivity contribution is 5.93. The van der Waals surface area contributed by atoms with E-state index in [-0.39, 0.29) is 0 Å². The average Bonchev–Trinajstić information content (AvgIpc) is 3.86. The maximum atomic E-state index is 5.29. The van der Waals surface area contributed by atoms with Gasteiger partial charge in [-0.15, -0.1) is 0 Å². The van der Waals surface area contributed by atoms with E-state index in [9.17, 15) is 0 Å². The van der Waals surface area contributed by atoms with E-state index >= 15 is 0 Å². The van der Waals surface area contributed by atoms with E-state index in [1.54, 1.807) is 0 Å². The van der Waals surface area contributed by atoms with Crippen LogP contribution in [0, 0.1) is 0 Å². The second kappa shape index (κ2) is 15.0. The Labute approximate surface area is 348 Å². The monoisotopic (exact) mass is 769 g/mol. The Morgan fingerprint density at radius 3 is 1.18 bits per heavy atom. The van der Waals surface area contributed by atoms with Crippen LogP contribution >= 0.6 is 0 Å². The average molecular weight is 770 g/mol. The van der Waals surface area contributed by atoms with Gasteiger partial charge in [-0.2, -0.15) is 0 Å². The van der Waals surface area contributed by atoms with Crippen molar-refractivity contribution in [3.05, 3.63) is 237 Å². The van der Waals surface area contributed by atoms with E-state index in [1.165, 1.54) is 22.3 Å². The molecule has 0 aliphatic rings. The van der Waals surface area contributed by atoms with Gasteiger partial charge < -0.3 is 9.80 Å². The molecule has 0 atom stereocenters. The number of anilines is 6. The molecule has 284 valence electrons. The molecule has 0 saturated heterocycles. The molecule has 0 spiro atoms. The van der Waals surface area contributed by atoms with Crippen LogP contribution in [0.1, 0.15) is 0 Å². The Balaban J connectivity index is 1.17. The Hall–Kier alpha value is -8.15. The Bertz CT molecular complexity index is 3080. The first-order valence-corrected chi connectivity index (χ1v) is 20.3. The number of hydrogen-bond acceptors (Lipinski definition) is 3. The Morgan fingerprint density at radius 1 is 0.300 bits per heavy atom. The summed E-state index contributed by atoms with van der Waals surface area (Å²) >= 11 is 0. The molecular formula is C55H39N5. The van der Waals surface area contributed by atoms with Crippen molar-refractivity contribution in [2.75, 3.05) is 9.80 Å². The zero-order chi connectivity index (χ0) is 39.8. The van der Waals surface area contributed by atoms with Gasteiger partial charge in [0.05, 0.1) is 39.1 Å². The lowest BCUT2D eigenvalue weighted by molar-refractivity contribution is 1.10. The van der Waals surface area contributed by atoms with Crippen LogP contribution in [0.3, 0.4) is 0 Å². The van der Waals surface area contributed by atoms with Gasteiger partial charge in [-0.3, -0.25) is 8.97 Å². The summed E-state index contributed by atoms with van der Waals surface area (Å²) < 4.78 is 4.59. The fourth-order valence-electron chi connectivity index (χ4n) is 8.49. The molecule has 0 fully saturated rings. The fraction of sp³-hybridized carbons (Fsp3) is 0. The van der Waals surface area contributed by atoms with Crippen molar-refractivity contribution in [3.8, 4) is 27.9 Å². The van der Waals surface area contributed by atoms with Crippen molar-refractivity contribution >= 4 is 62.0 Å². The van der Waals surface area contributed by atoms with Gasteiger partial charge in [-0.05, 0) is 113 Å². The minimum absolute atomic E-state index is 0.859. The topological polar surface area (TPSA) is 28.7 Å². The van der Waals surface area contributed by atoms with Crippen molar-refractivity contribution in [1.29, 1.82) is 0 Å². The van der Waals surface area contributed by atoms with E-state index in [2.05, 4.69) is 255 Å². The predicted molar refractivity (Wildman–Crippen MR) is 250 cm³/mol. The molecule has 11 rings (SSSR count). The molecule has 0 N–H and O–H groups in total. The molecule has 0 aliphatic heterocycles. The summed E-state index contributed by atoms with van der Waals surface area (Å²) in [6, 6.07) is 84.1. The van der Waals surface area contributed by atoms with Crippen molar-refractivity contribution in [1.82, 2.24) is 14.0 Å². The fourth-order valence-corrected chi connectivity index (χ4v) is 8.49. The van der Waals surface area contributed by atoms with Gasteiger partial charge in [0.25, 0.3) is 0 Å². The van der Waals surface area contributed by atoms with Gasteiger partial charge in [0, 0.05) is 22.7 Å². The predicted octanol–water partition coefficient (Wildman–Crippen LogP) is 14.7. The minimum Gasteiger partial charge on any atom is -0.310 e. The highest BCUT2D eigenvalue weighted by Gasteiger charge is 2.23. The van der Waals surface area contributed by atoms with Crippen molar-refractivity contribution in [2.24, 2.45) is 0 Å². The highest BCUT2D eigenvalue weighted by atomic mass is 15.2. The van der Waals surface area contributed by atoms with E-state index in [4.69, 9.17) is 4.98 Å². The van der Waals surface area contributed by atoms with Crippen LogP contribution in [0.25, 0.3) is 55.8 Å². The number of fused-ring (bicyclic) bond motifs is 5. The summed E-state index contributed by atoms with van der Waals surface area (Å²) in [6.45, 7) is 0. The first-order chi connectivity index (χ1) is 29.8. The molecule has 0 saturated carbocycles. The van der Waals surface area contributed by atoms with E-state index in [1.807, 2.05) is 0 Å². The van der Waals surface area contributed by atoms with Crippen molar-refractivity contribution < 1.29 is 0 Å². The lowest BCUT2D eigenvalue weighted by Gasteiger charge is -2.30. The summed E-state index contributed by atoms with van der Waals surface area (Å²) in [5.74, 6) is 0.859. The molecule has 5 heteroatoms. The zero-order valence-electron chi connectivity index (χ0n) is 32.8. The maximum Gasteiger partial charge on any atom is 0.220 e. The second-order valence-corrected chi connectivity index (χ2v) is 14.9. The molecule has 0 unspecified atom stereocenters. The largest absolute Gasteiger partial charge is 0.310 e. The molecule has 2 aromatic heterocycles. The molecule has 5 nitrogen and oxygen atoms in total. The number of para-hydroxylation sites is 6. The normalized spacial score (nSPS) is 11.3. The van der Waals surface area contributed by atoms with Crippen LogP contribution in [-0.4, -0.2) is 14.0 Å². The van der Waals surface area contributed by atoms with Crippen LogP contribution in [0.5, 0.6) is 0 Å². The Kier molecular flexibility index (Phi) is 8.75. The van der Waals surface area contributed by atoms with Crippen LogP contribution in [0.4, 0.5) is 34.1 Å². The van der Waals surface area contributed by atoms with Gasteiger partial charge in [-0.1, -0.05) is 146 Å². The zero-order valence-corrected chi connectivity index (χ0v) is 32.8. The SMILES string of the molecule is c1ccc(-c2ccc(N(c3ccccc3)c3cc(N(c4ccccc4)c4ccc(-c5ccccc5)cc4)cc(-n4c5ccccc5n5c6ccccc6nc45)c3)cc2)cc1. The van der Waals surface area contributed by atoms with Crippen LogP contribution < -0.4 is 9.80 Å². The van der Waals surface area contributed by atoms with E-state index in [0.29, 0.717) is 0 Å². The van der Waals surface area contributed by atoms with Crippen LogP contribution in [-0.2, 0) is 0 Å². The van der Waals surface area contributed by atoms with E-state index < -0.39 is 0 Å². The molecule has 2 heterocycles. The molecular weight excluding hydrogens is 731 g/mol. The van der Waals surface area contributed by atoms with Crippen LogP contribution in [0.2, 0.25) is 0 Å². The molecule has 11 aromatic rings. The number of rotatable bonds is 9. The lowest BCUT2D eigenvalue weighted by Crippen LogP contribution is -2.14. The van der Waals surface area contributed by atoms with Crippen molar-refractivity contribution in [2.45, 2.75) is 0 Å². The lowest BCUT2D eigenvalue weighted by atomic mass is 10.0. The quantitative estimate of drug-likeness (QED) is 0.146. The van der Waals surface area contributed by atoms with Gasteiger partial charge in [-0.25, -0.2) is 4.98 Å². The molecule has 9 aromatic carbocycles. The molecule has 0 amide bonds. The molecule has 0 radical (unpaired) electrons. The molecule has 0 bridgehead atoms. The first kappa shape index (κ1) is 35.0. The van der Waals surface area contributed by atoms with Crippen LogP contribution in [0.15, 0.2) is 237 Å². The number of nitrogens with zero attached hydrogens (tertiary/aromatic N) is 5. The van der Waals surface area contributed by atoms with Gasteiger partial charge in [0.2, 0.25) is 5.78 Å². The number of hydrogen-bond donors (Lipinski definition) is 0. The summed E-state index contributed by atoms with van der Waals surface area (Å²) in [6.07, 6.45) is 0. The third-order valence-corrected chi connectivity index (χ3v) is 11.3. The third-order valence-electron chi connectivity index (χ3n) is 11.3. The Morgan fingerprint density at radius 2 is 0.683 bits per heavy atom. The second-order valence-electron chi connectivity index (χ2n) is 14.9. The maximum absolute atomic E-state index is 5.29.